The first-order valence-corrected chi connectivity index (χ1v) is 3.49. The summed E-state index contributed by atoms with van der Waals surface area (Å²) in [4.78, 5) is 0. The molecule has 0 aliphatic rings. The van der Waals surface area contributed by atoms with Crippen LogP contribution in [0.15, 0.2) is 18.2 Å². The van der Waals surface area contributed by atoms with Crippen molar-refractivity contribution in [3.63, 3.8) is 0 Å². The molecule has 0 aliphatic carbocycles. The fourth-order valence-corrected chi connectivity index (χ4v) is 0.971. The highest BCUT2D eigenvalue weighted by molar-refractivity contribution is 5.36. The van der Waals surface area contributed by atoms with Crippen molar-refractivity contribution in [3.05, 3.63) is 29.3 Å². The van der Waals surface area contributed by atoms with Gasteiger partial charge < -0.3 is 4.74 Å². The molecular formula is C9H11O2. The summed E-state index contributed by atoms with van der Waals surface area (Å²) in [7, 11) is 1.58. The molecule has 2 nitrogen and oxygen atoms in total. The minimum atomic E-state index is -0.219. The average Bonchev–Trinajstić information content (AvgIpc) is 2.04. The van der Waals surface area contributed by atoms with Crippen LogP contribution in [0.1, 0.15) is 11.1 Å². The third-order valence-electron chi connectivity index (χ3n) is 1.60. The lowest BCUT2D eigenvalue weighted by Crippen LogP contribution is -1.91. The van der Waals surface area contributed by atoms with Crippen LogP contribution in [-0.2, 0) is 11.7 Å². The molecule has 0 unspecified atom stereocenters. The second-order valence-electron chi connectivity index (χ2n) is 2.46. The molecule has 1 aromatic rings. The molecule has 0 amide bonds. The van der Waals surface area contributed by atoms with Crippen LogP contribution in [0.5, 0.6) is 5.75 Å². The minimum Gasteiger partial charge on any atom is -0.496 e. The third-order valence-corrected chi connectivity index (χ3v) is 1.60. The van der Waals surface area contributed by atoms with E-state index >= 15 is 0 Å². The summed E-state index contributed by atoms with van der Waals surface area (Å²) in [6.07, 6.45) is 0. The maximum absolute atomic E-state index is 10.5. The van der Waals surface area contributed by atoms with Gasteiger partial charge in [-0.2, -0.15) is 0 Å². The Labute approximate surface area is 66.4 Å². The third kappa shape index (κ3) is 1.71. The summed E-state index contributed by atoms with van der Waals surface area (Å²) in [5.74, 6) is 0.694. The molecule has 0 atom stereocenters. The predicted molar refractivity (Wildman–Crippen MR) is 42.1 cm³/mol. The zero-order valence-corrected chi connectivity index (χ0v) is 6.76. The van der Waals surface area contributed by atoms with Gasteiger partial charge in [-0.3, -0.25) is 0 Å². The Morgan fingerprint density at radius 3 is 2.73 bits per heavy atom. The van der Waals surface area contributed by atoms with Gasteiger partial charge in [0.15, 0.2) is 0 Å². The monoisotopic (exact) mass is 151 g/mol. The van der Waals surface area contributed by atoms with Gasteiger partial charge in [-0.25, -0.2) is 5.11 Å². The smallest absolute Gasteiger partial charge is 0.124 e. The zero-order valence-electron chi connectivity index (χ0n) is 6.76. The Hall–Kier alpha value is -1.02. The van der Waals surface area contributed by atoms with Gasteiger partial charge in [0.05, 0.1) is 7.11 Å². The topological polar surface area (TPSA) is 29.1 Å². The Kier molecular flexibility index (Phi) is 2.49. The van der Waals surface area contributed by atoms with Crippen molar-refractivity contribution < 1.29 is 9.84 Å². The van der Waals surface area contributed by atoms with E-state index in [4.69, 9.17) is 4.74 Å². The van der Waals surface area contributed by atoms with E-state index in [1.165, 1.54) is 0 Å². The lowest BCUT2D eigenvalue weighted by atomic mass is 10.1. The molecule has 11 heavy (non-hydrogen) atoms. The van der Waals surface area contributed by atoms with E-state index in [0.29, 0.717) is 5.75 Å². The van der Waals surface area contributed by atoms with E-state index in [-0.39, 0.29) is 6.61 Å². The maximum Gasteiger partial charge on any atom is 0.124 e. The van der Waals surface area contributed by atoms with Gasteiger partial charge in [0.25, 0.3) is 0 Å². The average molecular weight is 151 g/mol. The van der Waals surface area contributed by atoms with Gasteiger partial charge in [-0.05, 0) is 18.6 Å². The van der Waals surface area contributed by atoms with E-state index < -0.39 is 0 Å². The van der Waals surface area contributed by atoms with Gasteiger partial charge in [0.2, 0.25) is 0 Å². The molecule has 0 spiro atoms. The molecule has 0 fully saturated rings. The van der Waals surface area contributed by atoms with Crippen molar-refractivity contribution in [1.82, 2.24) is 0 Å². The number of aryl methyl sites for hydroxylation is 1. The molecule has 0 saturated heterocycles. The highest BCUT2D eigenvalue weighted by Crippen LogP contribution is 2.19. The van der Waals surface area contributed by atoms with Crippen LogP contribution < -0.4 is 4.74 Å². The Balaban J connectivity index is 3.06. The van der Waals surface area contributed by atoms with Crippen molar-refractivity contribution in [2.45, 2.75) is 13.5 Å². The standard InChI is InChI=1S/C9H11O2/c1-7-3-4-8(6-10)9(5-7)11-2/h3-5H,6H2,1-2H3. The van der Waals surface area contributed by atoms with E-state index in [9.17, 15) is 5.11 Å². The van der Waals surface area contributed by atoms with Gasteiger partial charge in [0.1, 0.15) is 12.4 Å². The molecule has 0 heterocycles. The minimum absolute atomic E-state index is 0.219. The van der Waals surface area contributed by atoms with Gasteiger partial charge >= 0.3 is 0 Å². The van der Waals surface area contributed by atoms with Crippen LogP contribution >= 0.6 is 0 Å². The highest BCUT2D eigenvalue weighted by Gasteiger charge is 2.00. The van der Waals surface area contributed by atoms with Crippen molar-refractivity contribution >= 4 is 0 Å². The molecule has 59 valence electrons. The number of hydrogen-bond acceptors (Lipinski definition) is 1. The van der Waals surface area contributed by atoms with Crippen molar-refractivity contribution in [2.75, 3.05) is 7.11 Å². The van der Waals surface area contributed by atoms with E-state index in [2.05, 4.69) is 0 Å². The lowest BCUT2D eigenvalue weighted by Gasteiger charge is -2.05. The van der Waals surface area contributed by atoms with E-state index in [1.54, 1.807) is 13.2 Å². The summed E-state index contributed by atoms with van der Waals surface area (Å²) in [6.45, 7) is 1.75. The van der Waals surface area contributed by atoms with E-state index in [0.717, 1.165) is 11.1 Å². The molecule has 1 radical (unpaired) electrons. The van der Waals surface area contributed by atoms with Crippen LogP contribution in [0.2, 0.25) is 0 Å². The Morgan fingerprint density at radius 2 is 2.18 bits per heavy atom. The maximum atomic E-state index is 10.5. The molecular weight excluding hydrogens is 140 g/mol. The van der Waals surface area contributed by atoms with E-state index in [1.807, 2.05) is 19.1 Å². The van der Waals surface area contributed by atoms with Crippen LogP contribution in [0.4, 0.5) is 0 Å². The van der Waals surface area contributed by atoms with Crippen LogP contribution in [-0.4, -0.2) is 7.11 Å². The van der Waals surface area contributed by atoms with Crippen LogP contribution in [0.25, 0.3) is 0 Å². The molecule has 0 aliphatic heterocycles. The lowest BCUT2D eigenvalue weighted by molar-refractivity contribution is 0.174. The van der Waals surface area contributed by atoms with Crippen molar-refractivity contribution in [3.8, 4) is 5.75 Å². The number of benzene rings is 1. The fraction of sp³-hybridized carbons (Fsp3) is 0.333. The predicted octanol–water partition coefficient (Wildman–Crippen LogP) is 1.93. The molecule has 0 saturated carbocycles. The quantitative estimate of drug-likeness (QED) is 0.635. The number of ether oxygens (including phenoxy) is 1. The SMILES string of the molecule is COc1cc(C)ccc1C[O]. The second kappa shape index (κ2) is 3.39. The Bertz CT molecular complexity index is 243. The molecule has 1 rings (SSSR count). The molecule has 1 aromatic carbocycles. The van der Waals surface area contributed by atoms with Gasteiger partial charge in [-0.15, -0.1) is 0 Å². The largest absolute Gasteiger partial charge is 0.496 e. The number of rotatable bonds is 2. The zero-order chi connectivity index (χ0) is 8.27. The Morgan fingerprint density at radius 1 is 1.45 bits per heavy atom. The number of hydrogen-bond donors (Lipinski definition) is 0. The first-order chi connectivity index (χ1) is 5.27. The highest BCUT2D eigenvalue weighted by atomic mass is 16.5. The summed E-state index contributed by atoms with van der Waals surface area (Å²) in [5, 5.41) is 10.5. The van der Waals surface area contributed by atoms with Gasteiger partial charge in [0, 0.05) is 5.56 Å². The molecule has 0 bridgehead atoms. The summed E-state index contributed by atoms with van der Waals surface area (Å²) in [6, 6.07) is 5.59. The second-order valence-corrected chi connectivity index (χ2v) is 2.46. The number of methoxy groups -OCH3 is 1. The summed E-state index contributed by atoms with van der Waals surface area (Å²) < 4.78 is 5.02. The summed E-state index contributed by atoms with van der Waals surface area (Å²) in [5.41, 5.74) is 1.83. The first kappa shape index (κ1) is 8.08. The van der Waals surface area contributed by atoms with Crippen molar-refractivity contribution in [2.24, 2.45) is 0 Å². The fourth-order valence-electron chi connectivity index (χ4n) is 0.971. The van der Waals surface area contributed by atoms with Crippen LogP contribution in [0, 0.1) is 6.92 Å². The molecule has 0 aromatic heterocycles. The van der Waals surface area contributed by atoms with Crippen molar-refractivity contribution in [1.29, 1.82) is 0 Å². The van der Waals surface area contributed by atoms with Gasteiger partial charge in [-0.1, -0.05) is 12.1 Å². The van der Waals surface area contributed by atoms with Crippen LogP contribution in [0.3, 0.4) is 0 Å². The first-order valence-electron chi connectivity index (χ1n) is 3.49. The summed E-state index contributed by atoms with van der Waals surface area (Å²) >= 11 is 0. The normalized spacial score (nSPS) is 9.73. The molecule has 2 heteroatoms. The molecule has 0 N–H and O–H groups in total.